The lowest BCUT2D eigenvalue weighted by Gasteiger charge is -2.10. The van der Waals surface area contributed by atoms with E-state index >= 15 is 0 Å². The van der Waals surface area contributed by atoms with Crippen molar-refractivity contribution in [2.24, 2.45) is 0 Å². The number of carbonyl (C=O) groups is 1. The van der Waals surface area contributed by atoms with Crippen molar-refractivity contribution in [2.45, 2.75) is 6.92 Å². The highest BCUT2D eigenvalue weighted by Gasteiger charge is 2.15. The van der Waals surface area contributed by atoms with Crippen LogP contribution in [0.4, 0.5) is 22.0 Å². The molecule has 5 aromatic rings. The van der Waals surface area contributed by atoms with Gasteiger partial charge in [-0.3, -0.25) is 0 Å². The summed E-state index contributed by atoms with van der Waals surface area (Å²) in [4.78, 5) is 16.8. The van der Waals surface area contributed by atoms with Crippen molar-refractivity contribution in [3.8, 4) is 28.3 Å². The number of anilines is 3. The summed E-state index contributed by atoms with van der Waals surface area (Å²) in [6.07, 6.45) is 1.78. The highest BCUT2D eigenvalue weighted by atomic mass is 32.1. The van der Waals surface area contributed by atoms with Crippen LogP contribution in [0.3, 0.4) is 0 Å². The number of nitrogens with zero attached hydrogens (tertiary/aromatic N) is 2. The number of nitrogens with one attached hydrogen (secondary N) is 2. The molecule has 0 aliphatic carbocycles. The van der Waals surface area contributed by atoms with Crippen LogP contribution in [0.5, 0.6) is 0 Å². The molecule has 2 aromatic heterocycles. The fraction of sp³-hybridized carbons (Fsp3) is 0.0357. The summed E-state index contributed by atoms with van der Waals surface area (Å²) in [6.45, 7) is 1.98. The fourth-order valence-electron chi connectivity index (χ4n) is 3.96. The Balaban J connectivity index is 1.40. The number of nitriles is 1. The lowest BCUT2D eigenvalue weighted by atomic mass is 10.0. The molecule has 0 spiro atoms. The molecule has 35 heavy (non-hydrogen) atoms. The molecule has 0 saturated carbocycles. The maximum absolute atomic E-state index is 12.4. The second-order valence-corrected chi connectivity index (χ2v) is 9.01. The Kier molecular flexibility index (Phi) is 5.88. The van der Waals surface area contributed by atoms with Gasteiger partial charge in [-0.1, -0.05) is 36.4 Å². The molecule has 0 aliphatic rings. The molecule has 6 nitrogen and oxygen atoms in total. The molecular formula is C28H21N5OS. The molecule has 0 bridgehead atoms. The summed E-state index contributed by atoms with van der Waals surface area (Å²) in [5.74, 6) is 0.466. The number of fused-ring (bicyclic) bond motifs is 1. The molecule has 0 radical (unpaired) electrons. The van der Waals surface area contributed by atoms with E-state index in [9.17, 15) is 4.79 Å². The van der Waals surface area contributed by atoms with Gasteiger partial charge in [0.1, 0.15) is 5.82 Å². The number of rotatable bonds is 4. The molecule has 0 atom stereocenters. The zero-order chi connectivity index (χ0) is 24.4. The van der Waals surface area contributed by atoms with Gasteiger partial charge in [0.05, 0.1) is 11.6 Å². The van der Waals surface area contributed by atoms with Gasteiger partial charge in [0, 0.05) is 38.8 Å². The highest BCUT2D eigenvalue weighted by molar-refractivity contribution is 7.18. The first-order valence-corrected chi connectivity index (χ1v) is 11.8. The van der Waals surface area contributed by atoms with E-state index < -0.39 is 0 Å². The quantitative estimate of drug-likeness (QED) is 0.259. The van der Waals surface area contributed by atoms with Crippen LogP contribution in [-0.2, 0) is 0 Å². The third kappa shape index (κ3) is 4.56. The largest absolute Gasteiger partial charge is 0.383 e. The predicted molar refractivity (Wildman–Crippen MR) is 143 cm³/mol. The van der Waals surface area contributed by atoms with Crippen LogP contribution in [0.1, 0.15) is 11.1 Å². The van der Waals surface area contributed by atoms with E-state index in [1.807, 2.05) is 67.6 Å². The maximum Gasteiger partial charge on any atom is 0.323 e. The monoisotopic (exact) mass is 475 g/mol. The number of aromatic nitrogens is 1. The van der Waals surface area contributed by atoms with Crippen LogP contribution in [0.15, 0.2) is 84.4 Å². The number of urea groups is 1. The third-order valence-corrected chi connectivity index (χ3v) is 6.69. The Morgan fingerprint density at radius 2 is 1.63 bits per heavy atom. The van der Waals surface area contributed by atoms with Crippen LogP contribution in [-0.4, -0.2) is 11.0 Å². The standard InChI is InChI=1S/C28H21N5OS/c1-17-3-2-4-22(13-17)33-28(34)32-21-11-9-20(10-12-21)24-16-35-26-23(15-31-27(30)25(24)26)19-7-5-18(14-29)6-8-19/h2-13,15-16H,1H3,(H2,30,31)(H2,32,33,34). The van der Waals surface area contributed by atoms with E-state index in [0.29, 0.717) is 17.1 Å². The highest BCUT2D eigenvalue weighted by Crippen LogP contribution is 2.41. The van der Waals surface area contributed by atoms with Crippen molar-refractivity contribution in [3.05, 3.63) is 95.5 Å². The van der Waals surface area contributed by atoms with Gasteiger partial charge in [0.15, 0.2) is 0 Å². The molecule has 0 saturated heterocycles. The minimum Gasteiger partial charge on any atom is -0.383 e. The average molecular weight is 476 g/mol. The van der Waals surface area contributed by atoms with Gasteiger partial charge in [-0.2, -0.15) is 5.26 Å². The molecule has 0 unspecified atom stereocenters. The fourth-order valence-corrected chi connectivity index (χ4v) is 5.08. The van der Waals surface area contributed by atoms with E-state index in [-0.39, 0.29) is 6.03 Å². The van der Waals surface area contributed by atoms with Gasteiger partial charge in [0.2, 0.25) is 0 Å². The molecule has 3 aromatic carbocycles. The van der Waals surface area contributed by atoms with Crippen LogP contribution in [0.2, 0.25) is 0 Å². The molecule has 7 heteroatoms. The molecule has 2 heterocycles. The topological polar surface area (TPSA) is 104 Å². The van der Waals surface area contributed by atoms with E-state index in [1.165, 1.54) is 0 Å². The van der Waals surface area contributed by atoms with E-state index in [2.05, 4.69) is 27.1 Å². The Bertz CT molecular complexity index is 1580. The van der Waals surface area contributed by atoms with Crippen LogP contribution < -0.4 is 16.4 Å². The third-order valence-electron chi connectivity index (χ3n) is 5.68. The zero-order valence-electron chi connectivity index (χ0n) is 18.9. The number of nitrogen functional groups attached to an aromatic ring is 1. The normalized spacial score (nSPS) is 10.6. The second kappa shape index (κ2) is 9.29. The first kappa shape index (κ1) is 22.1. The first-order chi connectivity index (χ1) is 17.0. The van der Waals surface area contributed by atoms with Gasteiger partial charge in [-0.15, -0.1) is 11.3 Å². The number of thiophene rings is 1. The number of nitrogens with two attached hydrogens (primary N) is 1. The van der Waals surface area contributed by atoms with Crippen molar-refractivity contribution in [3.63, 3.8) is 0 Å². The van der Waals surface area contributed by atoms with Crippen molar-refractivity contribution in [1.82, 2.24) is 4.98 Å². The lowest BCUT2D eigenvalue weighted by Crippen LogP contribution is -2.19. The summed E-state index contributed by atoms with van der Waals surface area (Å²) in [5, 5.41) is 17.8. The summed E-state index contributed by atoms with van der Waals surface area (Å²) >= 11 is 1.61. The van der Waals surface area contributed by atoms with Crippen molar-refractivity contribution in [1.29, 1.82) is 5.26 Å². The number of amides is 2. The van der Waals surface area contributed by atoms with E-state index in [4.69, 9.17) is 11.0 Å². The Labute approximate surface area is 206 Å². The Morgan fingerprint density at radius 1 is 0.943 bits per heavy atom. The number of pyridine rings is 1. The molecule has 5 rings (SSSR count). The number of benzene rings is 3. The molecule has 0 aliphatic heterocycles. The smallest absolute Gasteiger partial charge is 0.323 e. The molecular weight excluding hydrogens is 454 g/mol. The minimum absolute atomic E-state index is 0.301. The predicted octanol–water partition coefficient (Wildman–Crippen LogP) is 7.04. The molecule has 0 fully saturated rings. The van der Waals surface area contributed by atoms with Crippen LogP contribution >= 0.6 is 11.3 Å². The van der Waals surface area contributed by atoms with E-state index in [0.717, 1.165) is 43.6 Å². The molecule has 2 amide bonds. The summed E-state index contributed by atoms with van der Waals surface area (Å²) in [7, 11) is 0. The van der Waals surface area contributed by atoms with Gasteiger partial charge < -0.3 is 16.4 Å². The molecule has 4 N–H and O–H groups in total. The first-order valence-electron chi connectivity index (χ1n) is 10.9. The Morgan fingerprint density at radius 3 is 2.34 bits per heavy atom. The number of hydrogen-bond acceptors (Lipinski definition) is 5. The summed E-state index contributed by atoms with van der Waals surface area (Å²) in [6, 6.07) is 24.6. The van der Waals surface area contributed by atoms with Crippen LogP contribution in [0, 0.1) is 18.3 Å². The second-order valence-electron chi connectivity index (χ2n) is 8.13. The average Bonchev–Trinajstić information content (AvgIpc) is 3.31. The summed E-state index contributed by atoms with van der Waals surface area (Å²) in [5.41, 5.74) is 13.3. The van der Waals surface area contributed by atoms with Crippen molar-refractivity contribution >= 4 is 44.6 Å². The number of hydrogen-bond donors (Lipinski definition) is 3. The van der Waals surface area contributed by atoms with Crippen LogP contribution in [0.25, 0.3) is 32.3 Å². The summed E-state index contributed by atoms with van der Waals surface area (Å²) < 4.78 is 1.04. The Hall–Kier alpha value is -4.67. The van der Waals surface area contributed by atoms with Gasteiger partial charge in [-0.05, 0) is 65.4 Å². The van der Waals surface area contributed by atoms with Gasteiger partial charge >= 0.3 is 6.03 Å². The van der Waals surface area contributed by atoms with E-state index in [1.54, 1.807) is 29.7 Å². The lowest BCUT2D eigenvalue weighted by molar-refractivity contribution is 0.262. The van der Waals surface area contributed by atoms with Crippen molar-refractivity contribution < 1.29 is 4.79 Å². The number of carbonyl (C=O) groups excluding carboxylic acids is 1. The SMILES string of the molecule is Cc1cccc(NC(=O)Nc2ccc(-c3csc4c(-c5ccc(C#N)cc5)cnc(N)c34)cc2)c1. The number of aryl methyl sites for hydroxylation is 1. The molecule has 170 valence electrons. The maximum atomic E-state index is 12.4. The minimum atomic E-state index is -0.301. The van der Waals surface area contributed by atoms with Crippen molar-refractivity contribution in [2.75, 3.05) is 16.4 Å². The van der Waals surface area contributed by atoms with Gasteiger partial charge in [0.25, 0.3) is 0 Å². The zero-order valence-corrected chi connectivity index (χ0v) is 19.7. The van der Waals surface area contributed by atoms with Gasteiger partial charge in [-0.25, -0.2) is 9.78 Å².